The minimum absolute atomic E-state index is 0.404. The number of carboxylic acid groups (broad SMARTS) is 2. The second-order valence-electron chi connectivity index (χ2n) is 4.32. The monoisotopic (exact) mass is 316 g/mol. The van der Waals surface area contributed by atoms with Crippen molar-refractivity contribution in [1.29, 1.82) is 0 Å². The molecule has 0 aromatic heterocycles. The Bertz CT molecular complexity index is 508. The SMILES string of the molecule is C=C(F)F.O=C(O)O.[Li][CH](C=C)C=C(C=C)Cc1ccccc1. The van der Waals surface area contributed by atoms with Crippen LogP contribution in [0.3, 0.4) is 0 Å². The molecule has 3 nitrogen and oxygen atoms in total. The summed E-state index contributed by atoms with van der Waals surface area (Å²) in [4.78, 5) is 8.56. The number of carbonyl (C=O) groups is 1. The van der Waals surface area contributed by atoms with E-state index in [4.69, 9.17) is 15.0 Å². The van der Waals surface area contributed by atoms with Crippen molar-refractivity contribution in [1.82, 2.24) is 0 Å². The molecule has 0 heterocycles. The molecule has 0 spiro atoms. The van der Waals surface area contributed by atoms with Crippen LogP contribution in [-0.4, -0.2) is 34.1 Å². The third-order valence-electron chi connectivity index (χ3n) is 2.36. The molecule has 0 fully saturated rings. The number of halogens is 2. The first-order valence-electron chi connectivity index (χ1n) is 6.64. The van der Waals surface area contributed by atoms with Crippen molar-refractivity contribution in [2.75, 3.05) is 0 Å². The van der Waals surface area contributed by atoms with Gasteiger partial charge in [-0.1, -0.05) is 0 Å². The number of allylic oxidation sites excluding steroid dienone is 4. The van der Waals surface area contributed by atoms with E-state index in [1.54, 1.807) is 0 Å². The van der Waals surface area contributed by atoms with Crippen LogP contribution in [0.1, 0.15) is 5.56 Å². The summed E-state index contributed by atoms with van der Waals surface area (Å²) in [5.74, 6) is 0. The third kappa shape index (κ3) is 19.9. The van der Waals surface area contributed by atoms with Crippen molar-refractivity contribution in [3.63, 3.8) is 0 Å². The van der Waals surface area contributed by atoms with E-state index in [-0.39, 0.29) is 0 Å². The van der Waals surface area contributed by atoms with Gasteiger partial charge in [0.2, 0.25) is 0 Å². The second-order valence-corrected chi connectivity index (χ2v) is 4.32. The fourth-order valence-corrected chi connectivity index (χ4v) is 1.44. The van der Waals surface area contributed by atoms with Crippen LogP contribution in [-0.2, 0) is 6.42 Å². The summed E-state index contributed by atoms with van der Waals surface area (Å²) in [7, 11) is 0. The molecule has 0 saturated carbocycles. The maximum absolute atomic E-state index is 10.1. The van der Waals surface area contributed by atoms with Crippen molar-refractivity contribution < 1.29 is 23.8 Å². The van der Waals surface area contributed by atoms with Crippen LogP contribution in [0.25, 0.3) is 0 Å². The van der Waals surface area contributed by atoms with E-state index in [0.717, 1.165) is 6.42 Å². The number of rotatable bonds is 5. The molecule has 23 heavy (non-hydrogen) atoms. The summed E-state index contributed by atoms with van der Waals surface area (Å²) >= 11 is 2.13. The normalized spacial score (nSPS) is 10.9. The molecule has 1 rings (SSSR count). The number of benzene rings is 1. The van der Waals surface area contributed by atoms with Gasteiger partial charge in [-0.3, -0.25) is 0 Å². The van der Waals surface area contributed by atoms with E-state index in [0.29, 0.717) is 4.59 Å². The molecule has 1 unspecified atom stereocenters. The Kier molecular flexibility index (Phi) is 14.9. The van der Waals surface area contributed by atoms with E-state index in [1.807, 2.05) is 18.2 Å². The molecule has 0 radical (unpaired) electrons. The van der Waals surface area contributed by atoms with Crippen molar-refractivity contribution in [2.45, 2.75) is 11.0 Å². The van der Waals surface area contributed by atoms with E-state index in [9.17, 15) is 8.78 Å². The summed E-state index contributed by atoms with van der Waals surface area (Å²) < 4.78 is 20.7. The Morgan fingerprint density at radius 2 is 1.65 bits per heavy atom. The van der Waals surface area contributed by atoms with E-state index >= 15 is 0 Å². The van der Waals surface area contributed by atoms with E-state index in [2.05, 4.69) is 67.8 Å². The van der Waals surface area contributed by atoms with Gasteiger partial charge in [-0.25, -0.2) is 4.79 Å². The Morgan fingerprint density at radius 1 is 1.22 bits per heavy atom. The Labute approximate surface area is 144 Å². The molecular weight excluding hydrogens is 297 g/mol. The van der Waals surface area contributed by atoms with Crippen LogP contribution in [0.15, 0.2) is 80.0 Å². The van der Waals surface area contributed by atoms with Crippen LogP contribution in [0, 0.1) is 0 Å². The fraction of sp³-hybridized carbons (Fsp3) is 0.118. The van der Waals surface area contributed by atoms with Gasteiger partial charge in [-0.2, -0.15) is 8.78 Å². The summed E-state index contributed by atoms with van der Waals surface area (Å²) in [6.45, 7) is 9.84. The van der Waals surface area contributed by atoms with Gasteiger partial charge in [0.25, 0.3) is 6.08 Å². The maximum atomic E-state index is 10.1. The van der Waals surface area contributed by atoms with E-state index in [1.165, 1.54) is 11.1 Å². The quantitative estimate of drug-likeness (QED) is 0.451. The topological polar surface area (TPSA) is 57.5 Å². The van der Waals surface area contributed by atoms with Gasteiger partial charge in [-0.15, -0.1) is 0 Å². The molecule has 1 atom stereocenters. The molecule has 6 heteroatoms. The zero-order valence-electron chi connectivity index (χ0n) is 13.1. The molecule has 0 aliphatic heterocycles. The Balaban J connectivity index is 0. The van der Waals surface area contributed by atoms with Crippen molar-refractivity contribution in [2.24, 2.45) is 0 Å². The molecule has 1 aromatic rings. The summed E-state index contributed by atoms with van der Waals surface area (Å²) in [6, 6.07) is 10.4. The number of hydrogen-bond donors (Lipinski definition) is 2. The second kappa shape index (κ2) is 14.8. The first-order valence-corrected chi connectivity index (χ1v) is 6.64. The van der Waals surface area contributed by atoms with Gasteiger partial charge in [0, 0.05) is 0 Å². The van der Waals surface area contributed by atoms with Crippen LogP contribution in [0.5, 0.6) is 0 Å². The Hall–Kier alpha value is -2.09. The number of hydrogen-bond acceptors (Lipinski definition) is 1. The van der Waals surface area contributed by atoms with Crippen LogP contribution < -0.4 is 0 Å². The first-order chi connectivity index (χ1) is 10.7. The molecule has 0 aliphatic rings. The standard InChI is InChI=1S/C14H15.C2H2F2.CH2O3.Li/c1-3-5-9-13(4-2)12-14-10-7-6-8-11-14;1-2(3)4;2-1(3)4;/h3-11H,1-2,12H2;1H2;(H2,2,3,4);. The third-order valence-corrected chi connectivity index (χ3v) is 2.36. The zero-order valence-corrected chi connectivity index (χ0v) is 13.1. The van der Waals surface area contributed by atoms with Gasteiger partial charge in [0.05, 0.1) is 0 Å². The van der Waals surface area contributed by atoms with Gasteiger partial charge >= 0.3 is 108 Å². The zero-order chi connectivity index (χ0) is 18.3. The predicted molar refractivity (Wildman–Crippen MR) is 90.1 cm³/mol. The Morgan fingerprint density at radius 3 is 2.00 bits per heavy atom. The molecule has 1 aromatic carbocycles. The molecule has 0 aliphatic carbocycles. The van der Waals surface area contributed by atoms with Crippen LogP contribution >= 0.6 is 0 Å². The molecule has 0 saturated heterocycles. The summed E-state index contributed by atoms with van der Waals surface area (Å²) in [5, 5.41) is 13.9. The van der Waals surface area contributed by atoms with Crippen LogP contribution in [0.2, 0.25) is 4.59 Å². The van der Waals surface area contributed by atoms with Crippen LogP contribution in [0.4, 0.5) is 13.6 Å². The van der Waals surface area contributed by atoms with E-state index < -0.39 is 12.2 Å². The molecule has 120 valence electrons. The van der Waals surface area contributed by atoms with Gasteiger partial charge in [0.1, 0.15) is 0 Å². The fourth-order valence-electron chi connectivity index (χ4n) is 1.44. The molecule has 0 amide bonds. The van der Waals surface area contributed by atoms with Crippen molar-refractivity contribution >= 4 is 23.9 Å². The average molecular weight is 316 g/mol. The predicted octanol–water partition coefficient (Wildman–Crippen LogP) is 5.10. The summed E-state index contributed by atoms with van der Waals surface area (Å²) in [5.41, 5.74) is 2.58. The van der Waals surface area contributed by atoms with Crippen molar-refractivity contribution in [3.8, 4) is 0 Å². The molecular formula is C17H19F2LiO3. The first kappa shape index (κ1) is 23.2. The van der Waals surface area contributed by atoms with Gasteiger partial charge in [0.15, 0.2) is 0 Å². The average Bonchev–Trinajstić information content (AvgIpc) is 2.46. The van der Waals surface area contributed by atoms with Crippen molar-refractivity contribution in [3.05, 3.63) is 85.5 Å². The van der Waals surface area contributed by atoms with Gasteiger partial charge < -0.3 is 10.2 Å². The summed E-state index contributed by atoms with van der Waals surface area (Å²) in [6.07, 6.45) is 3.34. The van der Waals surface area contributed by atoms with Gasteiger partial charge in [-0.05, 0) is 6.58 Å². The molecule has 2 N–H and O–H groups in total. The minimum atomic E-state index is -1.83. The molecule has 0 bridgehead atoms.